The molecular formula is C9H20N2O2S. The predicted molar refractivity (Wildman–Crippen MR) is 57.7 cm³/mol. The Morgan fingerprint density at radius 1 is 1.43 bits per heavy atom. The average molecular weight is 220 g/mol. The minimum absolute atomic E-state index is 0.0983. The molecule has 0 saturated carbocycles. The van der Waals surface area contributed by atoms with Gasteiger partial charge in [0, 0.05) is 18.6 Å². The summed E-state index contributed by atoms with van der Waals surface area (Å²) in [5, 5.41) is 0. The maximum absolute atomic E-state index is 11.0. The van der Waals surface area contributed by atoms with Gasteiger partial charge in [0.2, 0.25) is 10.0 Å². The van der Waals surface area contributed by atoms with E-state index in [1.165, 1.54) is 6.26 Å². The first-order valence-corrected chi connectivity index (χ1v) is 6.99. The van der Waals surface area contributed by atoms with Gasteiger partial charge in [0.15, 0.2) is 0 Å². The zero-order valence-electron chi connectivity index (χ0n) is 9.16. The average Bonchev–Trinajstić information content (AvgIpc) is 2.01. The fraction of sp³-hybridized carbons (Fsp3) is 1.00. The molecule has 14 heavy (non-hydrogen) atoms. The van der Waals surface area contributed by atoms with Crippen molar-refractivity contribution in [1.82, 2.24) is 9.62 Å². The van der Waals surface area contributed by atoms with Gasteiger partial charge in [-0.1, -0.05) is 0 Å². The van der Waals surface area contributed by atoms with E-state index in [4.69, 9.17) is 0 Å². The first kappa shape index (κ1) is 11.9. The first-order chi connectivity index (χ1) is 6.38. The van der Waals surface area contributed by atoms with Gasteiger partial charge < -0.3 is 0 Å². The Morgan fingerprint density at radius 2 is 2.07 bits per heavy atom. The van der Waals surface area contributed by atoms with Crippen LogP contribution in [0.5, 0.6) is 0 Å². The summed E-state index contributed by atoms with van der Waals surface area (Å²) in [5.41, 5.74) is 0. The largest absolute Gasteiger partial charge is 0.299 e. The van der Waals surface area contributed by atoms with Gasteiger partial charge in [0.05, 0.1) is 6.26 Å². The van der Waals surface area contributed by atoms with Crippen LogP contribution in [-0.2, 0) is 10.0 Å². The molecular weight excluding hydrogens is 200 g/mol. The third kappa shape index (κ3) is 3.94. The highest BCUT2D eigenvalue weighted by Crippen LogP contribution is 2.13. The normalized spacial score (nSPS) is 25.6. The Balaban J connectivity index is 2.48. The van der Waals surface area contributed by atoms with E-state index < -0.39 is 10.0 Å². The minimum Gasteiger partial charge on any atom is -0.299 e. The smallest absolute Gasteiger partial charge is 0.208 e. The van der Waals surface area contributed by atoms with E-state index in [-0.39, 0.29) is 6.04 Å². The molecule has 1 atom stereocenters. The summed E-state index contributed by atoms with van der Waals surface area (Å²) < 4.78 is 24.8. The quantitative estimate of drug-likeness (QED) is 0.749. The Kier molecular flexibility index (Phi) is 3.92. The maximum atomic E-state index is 11.0. The molecule has 1 saturated heterocycles. The van der Waals surface area contributed by atoms with Crippen molar-refractivity contribution in [3.63, 3.8) is 0 Å². The van der Waals surface area contributed by atoms with E-state index in [2.05, 4.69) is 23.5 Å². The van der Waals surface area contributed by atoms with E-state index in [9.17, 15) is 8.42 Å². The molecule has 1 aliphatic rings. The molecule has 1 heterocycles. The van der Waals surface area contributed by atoms with E-state index in [0.29, 0.717) is 6.04 Å². The zero-order chi connectivity index (χ0) is 10.8. The molecule has 1 N–H and O–H groups in total. The molecule has 0 amide bonds. The van der Waals surface area contributed by atoms with E-state index in [0.717, 1.165) is 25.9 Å². The second-order valence-corrected chi connectivity index (χ2v) is 6.10. The van der Waals surface area contributed by atoms with Crippen LogP contribution in [0.3, 0.4) is 0 Å². The Labute approximate surface area is 86.7 Å². The SMILES string of the molecule is CC(C)N1CCCC(NS(C)(=O)=O)C1. The fourth-order valence-corrected chi connectivity index (χ4v) is 2.67. The summed E-state index contributed by atoms with van der Waals surface area (Å²) in [6.45, 7) is 6.20. The molecule has 5 heteroatoms. The highest BCUT2D eigenvalue weighted by molar-refractivity contribution is 7.88. The van der Waals surface area contributed by atoms with Gasteiger partial charge in [0.1, 0.15) is 0 Å². The second-order valence-electron chi connectivity index (χ2n) is 4.32. The molecule has 0 spiro atoms. The summed E-state index contributed by atoms with van der Waals surface area (Å²) in [5.74, 6) is 0. The summed E-state index contributed by atoms with van der Waals surface area (Å²) in [6, 6.07) is 0.598. The van der Waals surface area contributed by atoms with Crippen molar-refractivity contribution >= 4 is 10.0 Å². The summed E-state index contributed by atoms with van der Waals surface area (Å²) >= 11 is 0. The lowest BCUT2D eigenvalue weighted by Crippen LogP contribution is -2.49. The number of hydrogen-bond donors (Lipinski definition) is 1. The molecule has 0 bridgehead atoms. The minimum atomic E-state index is -3.05. The van der Waals surface area contributed by atoms with Crippen LogP contribution in [0.4, 0.5) is 0 Å². The molecule has 0 aromatic carbocycles. The number of sulfonamides is 1. The monoisotopic (exact) mass is 220 g/mol. The van der Waals surface area contributed by atoms with Gasteiger partial charge in [-0.25, -0.2) is 13.1 Å². The lowest BCUT2D eigenvalue weighted by atomic mass is 10.1. The third-order valence-corrected chi connectivity index (χ3v) is 3.33. The van der Waals surface area contributed by atoms with Crippen LogP contribution in [0, 0.1) is 0 Å². The molecule has 1 fully saturated rings. The number of likely N-dealkylation sites (tertiary alicyclic amines) is 1. The molecule has 0 aromatic rings. The molecule has 1 unspecified atom stereocenters. The van der Waals surface area contributed by atoms with Gasteiger partial charge in [-0.3, -0.25) is 4.90 Å². The lowest BCUT2D eigenvalue weighted by Gasteiger charge is -2.35. The van der Waals surface area contributed by atoms with Crippen LogP contribution >= 0.6 is 0 Å². The summed E-state index contributed by atoms with van der Waals surface area (Å²) in [4.78, 5) is 2.31. The first-order valence-electron chi connectivity index (χ1n) is 5.10. The van der Waals surface area contributed by atoms with Crippen molar-refractivity contribution in [2.24, 2.45) is 0 Å². The van der Waals surface area contributed by atoms with Gasteiger partial charge in [-0.05, 0) is 33.2 Å². The summed E-state index contributed by atoms with van der Waals surface area (Å²) in [6.07, 6.45) is 3.25. The van der Waals surface area contributed by atoms with Crippen LogP contribution in [0.15, 0.2) is 0 Å². The van der Waals surface area contributed by atoms with Crippen molar-refractivity contribution in [2.45, 2.75) is 38.8 Å². The number of rotatable bonds is 3. The molecule has 1 aliphatic heterocycles. The van der Waals surface area contributed by atoms with Gasteiger partial charge in [-0.15, -0.1) is 0 Å². The van der Waals surface area contributed by atoms with Crippen LogP contribution < -0.4 is 4.72 Å². The predicted octanol–water partition coefficient (Wildman–Crippen LogP) is 0.408. The number of piperidine rings is 1. The van der Waals surface area contributed by atoms with Crippen LogP contribution in [0.2, 0.25) is 0 Å². The van der Waals surface area contributed by atoms with Gasteiger partial charge in [0.25, 0.3) is 0 Å². The summed E-state index contributed by atoms with van der Waals surface area (Å²) in [7, 11) is -3.05. The molecule has 84 valence electrons. The molecule has 0 aromatic heterocycles. The molecule has 0 radical (unpaired) electrons. The Bertz CT molecular complexity index is 275. The third-order valence-electron chi connectivity index (χ3n) is 2.56. The number of nitrogens with one attached hydrogen (secondary N) is 1. The highest BCUT2D eigenvalue weighted by atomic mass is 32.2. The molecule has 1 rings (SSSR count). The van der Waals surface area contributed by atoms with E-state index in [1.54, 1.807) is 0 Å². The number of hydrogen-bond acceptors (Lipinski definition) is 3. The van der Waals surface area contributed by atoms with Crippen molar-refractivity contribution in [1.29, 1.82) is 0 Å². The zero-order valence-corrected chi connectivity index (χ0v) is 9.97. The topological polar surface area (TPSA) is 49.4 Å². The van der Waals surface area contributed by atoms with Crippen LogP contribution in [-0.4, -0.2) is 44.7 Å². The fourth-order valence-electron chi connectivity index (χ4n) is 1.87. The molecule has 4 nitrogen and oxygen atoms in total. The van der Waals surface area contributed by atoms with Crippen molar-refractivity contribution in [3.8, 4) is 0 Å². The van der Waals surface area contributed by atoms with Crippen LogP contribution in [0.1, 0.15) is 26.7 Å². The van der Waals surface area contributed by atoms with E-state index in [1.807, 2.05) is 0 Å². The van der Waals surface area contributed by atoms with Crippen molar-refractivity contribution in [2.75, 3.05) is 19.3 Å². The highest BCUT2D eigenvalue weighted by Gasteiger charge is 2.23. The van der Waals surface area contributed by atoms with Gasteiger partial charge in [-0.2, -0.15) is 0 Å². The lowest BCUT2D eigenvalue weighted by molar-refractivity contribution is 0.163. The standard InChI is InChI=1S/C9H20N2O2S/c1-8(2)11-6-4-5-9(7-11)10-14(3,12)13/h8-10H,4-7H2,1-3H3. The Hall–Kier alpha value is -0.130. The molecule has 0 aliphatic carbocycles. The Morgan fingerprint density at radius 3 is 2.57 bits per heavy atom. The van der Waals surface area contributed by atoms with Crippen molar-refractivity contribution in [3.05, 3.63) is 0 Å². The maximum Gasteiger partial charge on any atom is 0.208 e. The van der Waals surface area contributed by atoms with Crippen LogP contribution in [0.25, 0.3) is 0 Å². The van der Waals surface area contributed by atoms with Gasteiger partial charge >= 0.3 is 0 Å². The number of nitrogens with zero attached hydrogens (tertiary/aromatic N) is 1. The van der Waals surface area contributed by atoms with E-state index >= 15 is 0 Å². The second kappa shape index (κ2) is 4.59. The van der Waals surface area contributed by atoms with Crippen molar-refractivity contribution < 1.29 is 8.42 Å².